The molecule has 0 aromatic heterocycles. The first-order chi connectivity index (χ1) is 13.5. The molecule has 0 radical (unpaired) electrons. The van der Waals surface area contributed by atoms with E-state index in [1.165, 1.54) is 18.2 Å². The van der Waals surface area contributed by atoms with Crippen molar-refractivity contribution in [2.45, 2.75) is 6.18 Å². The van der Waals surface area contributed by atoms with Gasteiger partial charge in [-0.25, -0.2) is 0 Å². The molecule has 0 spiro atoms. The highest BCUT2D eigenvalue weighted by molar-refractivity contribution is 6.10. The Labute approximate surface area is 160 Å². The van der Waals surface area contributed by atoms with Gasteiger partial charge >= 0.3 is 6.18 Å². The number of rotatable bonds is 5. The predicted octanol–water partition coefficient (Wildman–Crippen LogP) is 4.07. The molecule has 148 valence electrons. The second-order valence-electron chi connectivity index (χ2n) is 5.46. The fourth-order valence-corrected chi connectivity index (χ4v) is 2.19. The summed E-state index contributed by atoms with van der Waals surface area (Å²) in [6.07, 6.45) is -3.97. The first kappa shape index (κ1) is 21.0. The summed E-state index contributed by atoms with van der Waals surface area (Å²) < 4.78 is 39.5. The standard InChI is InChI=1S/C17H9F3N4O5/c18-17(19,20)14-8-13(24(28)29)5-6-15(14)22-16(25)11(9-21)7-10-1-3-12(4-2-10)23(26)27/h1-8H,(H,22,25)/b11-7+. The Morgan fingerprint density at radius 3 is 2.07 bits per heavy atom. The average Bonchev–Trinajstić information content (AvgIpc) is 2.65. The number of carbonyl (C=O) groups is 1. The third-order valence-electron chi connectivity index (χ3n) is 3.55. The van der Waals surface area contributed by atoms with Gasteiger partial charge < -0.3 is 5.32 Å². The minimum Gasteiger partial charge on any atom is -0.321 e. The summed E-state index contributed by atoms with van der Waals surface area (Å²) in [4.78, 5) is 31.9. The molecule has 0 atom stereocenters. The van der Waals surface area contributed by atoms with Gasteiger partial charge in [-0.2, -0.15) is 18.4 Å². The summed E-state index contributed by atoms with van der Waals surface area (Å²) in [5, 5.41) is 32.3. The van der Waals surface area contributed by atoms with Crippen LogP contribution in [0.1, 0.15) is 11.1 Å². The van der Waals surface area contributed by atoms with Gasteiger partial charge in [0, 0.05) is 24.3 Å². The van der Waals surface area contributed by atoms with Crippen molar-refractivity contribution in [1.82, 2.24) is 0 Å². The van der Waals surface area contributed by atoms with Gasteiger partial charge in [0.25, 0.3) is 17.3 Å². The van der Waals surface area contributed by atoms with Crippen molar-refractivity contribution in [3.8, 4) is 6.07 Å². The van der Waals surface area contributed by atoms with E-state index in [2.05, 4.69) is 0 Å². The second-order valence-corrected chi connectivity index (χ2v) is 5.46. The van der Waals surface area contributed by atoms with Crippen molar-refractivity contribution < 1.29 is 27.8 Å². The molecule has 2 rings (SSSR count). The molecular formula is C17H9F3N4O5. The van der Waals surface area contributed by atoms with E-state index in [-0.39, 0.29) is 17.3 Å². The van der Waals surface area contributed by atoms with Crippen LogP contribution in [0.3, 0.4) is 0 Å². The summed E-state index contributed by atoms with van der Waals surface area (Å²) >= 11 is 0. The van der Waals surface area contributed by atoms with Crippen LogP contribution >= 0.6 is 0 Å². The molecule has 2 aromatic rings. The number of nitrogens with zero attached hydrogens (tertiary/aromatic N) is 3. The van der Waals surface area contributed by atoms with Crippen molar-refractivity contribution in [3.05, 3.63) is 79.4 Å². The zero-order valence-corrected chi connectivity index (χ0v) is 14.1. The van der Waals surface area contributed by atoms with E-state index in [0.29, 0.717) is 6.07 Å². The summed E-state index contributed by atoms with van der Waals surface area (Å²) in [6.45, 7) is 0. The third-order valence-corrected chi connectivity index (χ3v) is 3.55. The minimum atomic E-state index is -5.00. The van der Waals surface area contributed by atoms with Crippen LogP contribution < -0.4 is 5.32 Å². The normalized spacial score (nSPS) is 11.4. The van der Waals surface area contributed by atoms with Gasteiger partial charge in [-0.15, -0.1) is 0 Å². The first-order valence-electron chi connectivity index (χ1n) is 7.56. The highest BCUT2D eigenvalue weighted by atomic mass is 19.4. The predicted molar refractivity (Wildman–Crippen MR) is 93.4 cm³/mol. The Morgan fingerprint density at radius 2 is 1.59 bits per heavy atom. The fourth-order valence-electron chi connectivity index (χ4n) is 2.19. The Bertz CT molecular complexity index is 1060. The van der Waals surface area contributed by atoms with Crippen molar-refractivity contribution >= 4 is 29.0 Å². The number of hydrogen-bond donors (Lipinski definition) is 1. The molecular weight excluding hydrogens is 397 g/mol. The van der Waals surface area contributed by atoms with Gasteiger partial charge in [-0.05, 0) is 29.8 Å². The van der Waals surface area contributed by atoms with Gasteiger partial charge in [-0.1, -0.05) is 0 Å². The molecule has 0 saturated heterocycles. The number of nitro groups is 2. The highest BCUT2D eigenvalue weighted by Gasteiger charge is 2.35. The molecule has 0 aliphatic rings. The number of nitrogens with one attached hydrogen (secondary N) is 1. The molecule has 1 amide bonds. The maximum absolute atomic E-state index is 13.2. The molecule has 1 N–H and O–H groups in total. The summed E-state index contributed by atoms with van der Waals surface area (Å²) in [5.74, 6) is -1.19. The van der Waals surface area contributed by atoms with Crippen molar-refractivity contribution in [2.24, 2.45) is 0 Å². The topological polar surface area (TPSA) is 139 Å². The highest BCUT2D eigenvalue weighted by Crippen LogP contribution is 2.37. The van der Waals surface area contributed by atoms with Crippen LogP contribution in [0, 0.1) is 31.6 Å². The van der Waals surface area contributed by atoms with Gasteiger partial charge in [0.05, 0.1) is 21.1 Å². The number of benzene rings is 2. The lowest BCUT2D eigenvalue weighted by atomic mass is 10.1. The molecule has 9 nitrogen and oxygen atoms in total. The molecule has 29 heavy (non-hydrogen) atoms. The van der Waals surface area contributed by atoms with Crippen LogP contribution in [0.2, 0.25) is 0 Å². The lowest BCUT2D eigenvalue weighted by Gasteiger charge is -2.13. The van der Waals surface area contributed by atoms with E-state index in [4.69, 9.17) is 5.26 Å². The van der Waals surface area contributed by atoms with Crippen molar-refractivity contribution in [1.29, 1.82) is 5.26 Å². The number of nitro benzene ring substituents is 2. The van der Waals surface area contributed by atoms with E-state index >= 15 is 0 Å². The number of hydrogen-bond acceptors (Lipinski definition) is 6. The van der Waals surface area contributed by atoms with Gasteiger partial charge in [0.15, 0.2) is 0 Å². The van der Waals surface area contributed by atoms with Crippen molar-refractivity contribution in [3.63, 3.8) is 0 Å². The van der Waals surface area contributed by atoms with E-state index in [9.17, 15) is 38.2 Å². The SMILES string of the molecule is N#C/C(=C\c1ccc([N+](=O)[O-])cc1)C(=O)Nc1ccc([N+](=O)[O-])cc1C(F)(F)F. The molecule has 0 aliphatic carbocycles. The molecule has 0 heterocycles. The number of carbonyl (C=O) groups excluding carboxylic acids is 1. The van der Waals surface area contributed by atoms with Gasteiger partial charge in [0.1, 0.15) is 11.6 Å². The molecule has 2 aromatic carbocycles. The fraction of sp³-hybridized carbons (Fsp3) is 0.0588. The Kier molecular flexibility index (Phi) is 5.93. The smallest absolute Gasteiger partial charge is 0.321 e. The molecule has 0 aliphatic heterocycles. The largest absolute Gasteiger partial charge is 0.418 e. The lowest BCUT2D eigenvalue weighted by molar-refractivity contribution is -0.385. The summed E-state index contributed by atoms with van der Waals surface area (Å²) in [7, 11) is 0. The Hall–Kier alpha value is -4.27. The number of non-ortho nitro benzene ring substituents is 2. The zero-order chi connectivity index (χ0) is 21.8. The average molecular weight is 406 g/mol. The number of nitriles is 1. The number of alkyl halides is 3. The lowest BCUT2D eigenvalue weighted by Crippen LogP contribution is -2.18. The van der Waals surface area contributed by atoms with E-state index in [0.717, 1.165) is 24.3 Å². The van der Waals surface area contributed by atoms with E-state index in [1.54, 1.807) is 0 Å². The monoisotopic (exact) mass is 406 g/mol. The number of amides is 1. The quantitative estimate of drug-likeness (QED) is 0.344. The maximum atomic E-state index is 13.2. The number of halogens is 3. The van der Waals surface area contributed by atoms with Crippen LogP contribution in [-0.2, 0) is 11.0 Å². The molecule has 0 bridgehead atoms. The minimum absolute atomic E-state index is 0.224. The van der Waals surface area contributed by atoms with Crippen LogP contribution in [0.5, 0.6) is 0 Å². The third kappa shape index (κ3) is 5.13. The molecule has 0 saturated carbocycles. The van der Waals surface area contributed by atoms with Gasteiger partial charge in [-0.3, -0.25) is 25.0 Å². The van der Waals surface area contributed by atoms with E-state index < -0.39 is 44.4 Å². The zero-order valence-electron chi connectivity index (χ0n) is 14.1. The molecule has 0 unspecified atom stereocenters. The first-order valence-corrected chi connectivity index (χ1v) is 7.56. The van der Waals surface area contributed by atoms with Crippen LogP contribution in [0.25, 0.3) is 6.08 Å². The molecule has 12 heteroatoms. The second kappa shape index (κ2) is 8.17. The van der Waals surface area contributed by atoms with Crippen LogP contribution in [0.4, 0.5) is 30.2 Å². The van der Waals surface area contributed by atoms with Crippen LogP contribution in [0.15, 0.2) is 48.0 Å². The summed E-state index contributed by atoms with van der Waals surface area (Å²) in [6, 6.07) is 8.01. The van der Waals surface area contributed by atoms with E-state index in [1.807, 2.05) is 5.32 Å². The van der Waals surface area contributed by atoms with Gasteiger partial charge in [0.2, 0.25) is 0 Å². The summed E-state index contributed by atoms with van der Waals surface area (Å²) in [5.41, 5.74) is -3.62. The van der Waals surface area contributed by atoms with Crippen molar-refractivity contribution in [2.75, 3.05) is 5.32 Å². The number of anilines is 1. The maximum Gasteiger partial charge on any atom is 0.418 e. The Morgan fingerprint density at radius 1 is 1.03 bits per heavy atom. The molecule has 0 fully saturated rings. The Balaban J connectivity index is 2.35. The van der Waals surface area contributed by atoms with Crippen LogP contribution in [-0.4, -0.2) is 15.8 Å².